The number of hydrogen-bond donors (Lipinski definition) is 0. The molecule has 0 radical (unpaired) electrons. The quantitative estimate of drug-likeness (QED) is 0.141. The van der Waals surface area contributed by atoms with Crippen molar-refractivity contribution in [3.05, 3.63) is 102 Å². The average molecular weight is 795 g/mol. The fourth-order valence-corrected chi connectivity index (χ4v) is 12.3. The van der Waals surface area contributed by atoms with Gasteiger partial charge in [0.05, 0.1) is 4.88 Å². The monoisotopic (exact) mass is 794 g/mol. The SMILES string of the molecule is CC(C)(C)c1ccc(-c2cc(C3=C(c4cc(-c5ccc(C(C)(C)C)s5)sc4-c4cccs4)C(F)(F)C(F)(F)C3(F)F)c(Cc3cccs3)s2)s1. The first-order valence-electron chi connectivity index (χ1n) is 15.7. The topological polar surface area (TPSA) is 0 Å². The Morgan fingerprint density at radius 1 is 0.540 bits per heavy atom. The second-order valence-corrected chi connectivity index (χ2v) is 20.7. The van der Waals surface area contributed by atoms with E-state index in [-0.39, 0.29) is 33.3 Å². The van der Waals surface area contributed by atoms with Gasteiger partial charge in [0, 0.05) is 67.0 Å². The molecule has 262 valence electrons. The molecule has 12 heteroatoms. The minimum absolute atomic E-state index is 0.149. The fourth-order valence-electron chi connectivity index (χ4n) is 5.93. The smallest absolute Gasteiger partial charge is 0.194 e. The van der Waals surface area contributed by atoms with Gasteiger partial charge in [-0.1, -0.05) is 53.7 Å². The lowest BCUT2D eigenvalue weighted by Crippen LogP contribution is -2.48. The summed E-state index contributed by atoms with van der Waals surface area (Å²) in [7, 11) is 0. The molecule has 0 aliphatic heterocycles. The minimum atomic E-state index is -5.66. The third-order valence-electron chi connectivity index (χ3n) is 8.58. The van der Waals surface area contributed by atoms with Crippen molar-refractivity contribution in [2.24, 2.45) is 0 Å². The Bertz CT molecular complexity index is 2190. The standard InChI is InChI=1S/C38H32F6S6/c1-34(2,3)29-13-11-23(48-29)27-18-21(26(47-27)17-20-9-7-15-45-20)31-32(37(41,42)38(43,44)36(31,39)40)22-19-28(50-33(22)25-10-8-16-46-25)24-12-14-30(49-24)35(4,5)6/h7-16,18-19H,17H2,1-6H3. The van der Waals surface area contributed by atoms with Gasteiger partial charge in [0.25, 0.3) is 0 Å². The Labute approximate surface area is 311 Å². The lowest BCUT2D eigenvalue weighted by molar-refractivity contribution is -0.254. The molecule has 1 aliphatic rings. The minimum Gasteiger partial charge on any atom is -0.194 e. The first-order valence-corrected chi connectivity index (χ1v) is 20.8. The molecule has 0 amide bonds. The van der Waals surface area contributed by atoms with Crippen LogP contribution in [-0.2, 0) is 17.3 Å². The van der Waals surface area contributed by atoms with Crippen molar-refractivity contribution in [3.8, 4) is 29.3 Å². The van der Waals surface area contributed by atoms with Crippen molar-refractivity contribution in [2.75, 3.05) is 0 Å². The van der Waals surface area contributed by atoms with E-state index in [0.717, 1.165) is 35.7 Å². The molecule has 6 heterocycles. The number of hydrogen-bond acceptors (Lipinski definition) is 6. The molecule has 0 nitrogen and oxygen atoms in total. The predicted octanol–water partition coefficient (Wildman–Crippen LogP) is 15.1. The van der Waals surface area contributed by atoms with E-state index >= 15 is 26.3 Å². The van der Waals surface area contributed by atoms with Crippen molar-refractivity contribution in [3.63, 3.8) is 0 Å². The Kier molecular flexibility index (Phi) is 8.83. The molecule has 0 saturated carbocycles. The molecule has 0 unspecified atom stereocenters. The molecule has 0 saturated heterocycles. The Balaban J connectivity index is 1.51. The van der Waals surface area contributed by atoms with Gasteiger partial charge in [0.1, 0.15) is 0 Å². The Morgan fingerprint density at radius 3 is 1.56 bits per heavy atom. The molecule has 6 aromatic rings. The van der Waals surface area contributed by atoms with Crippen molar-refractivity contribution in [1.82, 2.24) is 0 Å². The first-order chi connectivity index (χ1) is 23.3. The van der Waals surface area contributed by atoms with Crippen LogP contribution < -0.4 is 0 Å². The molecule has 0 fully saturated rings. The molecule has 6 aromatic heterocycles. The highest BCUT2D eigenvalue weighted by molar-refractivity contribution is 7.26. The highest BCUT2D eigenvalue weighted by Gasteiger charge is 2.80. The number of thiophene rings is 6. The molecule has 7 rings (SSSR count). The van der Waals surface area contributed by atoms with E-state index in [2.05, 4.69) is 41.5 Å². The molecule has 0 bridgehead atoms. The van der Waals surface area contributed by atoms with Crippen LogP contribution in [0.1, 0.15) is 72.2 Å². The zero-order valence-electron chi connectivity index (χ0n) is 27.9. The van der Waals surface area contributed by atoms with Gasteiger partial charge in [-0.05, 0) is 75.7 Å². The van der Waals surface area contributed by atoms with Gasteiger partial charge in [0.2, 0.25) is 0 Å². The zero-order chi connectivity index (χ0) is 36.0. The summed E-state index contributed by atoms with van der Waals surface area (Å²) in [4.78, 5) is 6.74. The molecular weight excluding hydrogens is 763 g/mol. The maximum absolute atomic E-state index is 16.4. The normalized spacial score (nSPS) is 17.3. The van der Waals surface area contributed by atoms with Gasteiger partial charge in [-0.25, -0.2) is 0 Å². The van der Waals surface area contributed by atoms with Gasteiger partial charge in [-0.15, -0.1) is 68.0 Å². The Morgan fingerprint density at radius 2 is 1.06 bits per heavy atom. The average Bonchev–Trinajstić information content (AvgIpc) is 3.85. The fraction of sp³-hybridized carbons (Fsp3) is 0.316. The van der Waals surface area contributed by atoms with Crippen LogP contribution in [0, 0.1) is 0 Å². The summed E-state index contributed by atoms with van der Waals surface area (Å²) in [6.07, 6.45) is 0.149. The van der Waals surface area contributed by atoms with E-state index in [1.807, 2.05) is 41.8 Å². The number of allylic oxidation sites excluding steroid dienone is 2. The summed E-state index contributed by atoms with van der Waals surface area (Å²) in [6.45, 7) is 12.4. The van der Waals surface area contributed by atoms with Gasteiger partial charge in [-0.2, -0.15) is 26.3 Å². The third kappa shape index (κ3) is 5.91. The highest BCUT2D eigenvalue weighted by Crippen LogP contribution is 2.67. The second-order valence-electron chi connectivity index (χ2n) is 14.3. The van der Waals surface area contributed by atoms with Gasteiger partial charge < -0.3 is 0 Å². The van der Waals surface area contributed by atoms with E-state index in [0.29, 0.717) is 19.5 Å². The summed E-state index contributed by atoms with van der Waals surface area (Å²) in [5, 5.41) is 3.59. The van der Waals surface area contributed by atoms with Gasteiger partial charge in [-0.3, -0.25) is 0 Å². The third-order valence-corrected chi connectivity index (χ3v) is 16.2. The lowest BCUT2D eigenvalue weighted by Gasteiger charge is -2.26. The molecular formula is C38H32F6S6. The number of rotatable bonds is 7. The summed E-state index contributed by atoms with van der Waals surface area (Å²) >= 11 is 7.97. The summed E-state index contributed by atoms with van der Waals surface area (Å²) in [5.74, 6) is -16.0. The molecule has 1 aliphatic carbocycles. The number of halogens is 6. The first kappa shape index (κ1) is 35.9. The van der Waals surface area contributed by atoms with Gasteiger partial charge >= 0.3 is 17.8 Å². The van der Waals surface area contributed by atoms with E-state index < -0.39 is 28.9 Å². The Hall–Kier alpha value is -2.48. The van der Waals surface area contributed by atoms with Crippen molar-refractivity contribution in [2.45, 2.75) is 76.6 Å². The van der Waals surface area contributed by atoms with Crippen molar-refractivity contribution >= 4 is 79.2 Å². The molecule has 0 aromatic carbocycles. The van der Waals surface area contributed by atoms with Crippen molar-refractivity contribution in [1.29, 1.82) is 0 Å². The summed E-state index contributed by atoms with van der Waals surface area (Å²) in [6, 6.07) is 17.6. The largest absolute Gasteiger partial charge is 0.380 e. The van der Waals surface area contributed by atoms with Crippen LogP contribution in [0.5, 0.6) is 0 Å². The second kappa shape index (κ2) is 12.3. The lowest BCUT2D eigenvalue weighted by atomic mass is 9.93. The van der Waals surface area contributed by atoms with E-state index in [4.69, 9.17) is 0 Å². The van der Waals surface area contributed by atoms with Crippen LogP contribution in [-0.4, -0.2) is 17.8 Å². The summed E-state index contributed by atoms with van der Waals surface area (Å²) < 4.78 is 97.1. The molecule has 0 spiro atoms. The van der Waals surface area contributed by atoms with Crippen LogP contribution in [0.2, 0.25) is 0 Å². The van der Waals surface area contributed by atoms with Crippen LogP contribution in [0.15, 0.2) is 71.4 Å². The summed E-state index contributed by atoms with van der Waals surface area (Å²) in [5.41, 5.74) is -3.48. The maximum Gasteiger partial charge on any atom is 0.380 e. The molecule has 0 N–H and O–H groups in total. The highest BCUT2D eigenvalue weighted by atomic mass is 32.1. The van der Waals surface area contributed by atoms with Crippen LogP contribution >= 0.6 is 68.0 Å². The van der Waals surface area contributed by atoms with Crippen LogP contribution in [0.25, 0.3) is 40.4 Å². The molecule has 50 heavy (non-hydrogen) atoms. The van der Waals surface area contributed by atoms with Crippen LogP contribution in [0.4, 0.5) is 26.3 Å². The zero-order valence-corrected chi connectivity index (χ0v) is 32.8. The molecule has 0 atom stereocenters. The van der Waals surface area contributed by atoms with Gasteiger partial charge in [0.15, 0.2) is 0 Å². The van der Waals surface area contributed by atoms with Crippen LogP contribution in [0.3, 0.4) is 0 Å². The predicted molar refractivity (Wildman–Crippen MR) is 205 cm³/mol. The maximum atomic E-state index is 16.4. The number of alkyl halides is 6. The van der Waals surface area contributed by atoms with Crippen molar-refractivity contribution < 1.29 is 26.3 Å². The van der Waals surface area contributed by atoms with E-state index in [9.17, 15) is 0 Å². The van der Waals surface area contributed by atoms with E-state index in [1.165, 1.54) is 68.8 Å². The van der Waals surface area contributed by atoms with E-state index in [1.54, 1.807) is 17.5 Å².